The van der Waals surface area contributed by atoms with E-state index in [9.17, 15) is 9.59 Å². The Hall–Kier alpha value is -3.93. The quantitative estimate of drug-likeness (QED) is 0.525. The van der Waals surface area contributed by atoms with Crippen molar-refractivity contribution in [3.05, 3.63) is 96.1 Å². The molecule has 0 radical (unpaired) electrons. The number of rotatable bonds is 5. The van der Waals surface area contributed by atoms with Crippen molar-refractivity contribution in [3.63, 3.8) is 0 Å². The van der Waals surface area contributed by atoms with Gasteiger partial charge in [-0.2, -0.15) is 0 Å². The maximum Gasteiger partial charge on any atom is 0.339 e. The molecule has 0 spiro atoms. The van der Waals surface area contributed by atoms with E-state index in [1.807, 2.05) is 24.3 Å². The third kappa shape index (κ3) is 3.73. The first-order valence-corrected chi connectivity index (χ1v) is 9.14. The average molecular weight is 385 g/mol. The molecule has 0 unspecified atom stereocenters. The molecular formula is C23H19N3O3. The van der Waals surface area contributed by atoms with Crippen LogP contribution >= 0.6 is 0 Å². The molecule has 3 aromatic carbocycles. The number of carbonyl (C=O) groups is 2. The van der Waals surface area contributed by atoms with Crippen LogP contribution in [0.15, 0.2) is 79.1 Å². The number of hydrogen-bond donors (Lipinski definition) is 1. The lowest BCUT2D eigenvalue weighted by Gasteiger charge is -2.12. The molecule has 4 aromatic rings. The molecule has 1 amide bonds. The monoisotopic (exact) mass is 385 g/mol. The van der Waals surface area contributed by atoms with Crippen LogP contribution in [0.4, 0.5) is 5.69 Å². The lowest BCUT2D eigenvalue weighted by atomic mass is 10.0. The molecule has 0 atom stereocenters. The molecule has 6 heteroatoms. The summed E-state index contributed by atoms with van der Waals surface area (Å²) >= 11 is 0. The van der Waals surface area contributed by atoms with Crippen molar-refractivity contribution in [2.24, 2.45) is 0 Å². The summed E-state index contributed by atoms with van der Waals surface area (Å²) in [5, 5.41) is 5.04. The number of imidazole rings is 1. The second-order valence-electron chi connectivity index (χ2n) is 6.51. The smallest absolute Gasteiger partial charge is 0.339 e. The number of nitrogens with zero attached hydrogens (tertiary/aromatic N) is 2. The molecule has 0 bridgehead atoms. The third-order valence-electron chi connectivity index (χ3n) is 4.72. The van der Waals surface area contributed by atoms with E-state index >= 15 is 0 Å². The fraction of sp³-hybridized carbons (Fsp3) is 0.0870. The topological polar surface area (TPSA) is 73.2 Å². The molecule has 1 N–H and O–H groups in total. The Balaban J connectivity index is 1.62. The summed E-state index contributed by atoms with van der Waals surface area (Å²) in [5.41, 5.74) is 1.75. The zero-order valence-corrected chi connectivity index (χ0v) is 15.8. The Morgan fingerprint density at radius 3 is 2.62 bits per heavy atom. The summed E-state index contributed by atoms with van der Waals surface area (Å²) in [6.07, 6.45) is 3.36. The molecule has 0 saturated heterocycles. The minimum absolute atomic E-state index is 0.262. The van der Waals surface area contributed by atoms with E-state index in [0.717, 1.165) is 16.3 Å². The maximum absolute atomic E-state index is 12.9. The van der Waals surface area contributed by atoms with E-state index in [0.29, 0.717) is 12.2 Å². The van der Waals surface area contributed by atoms with Crippen molar-refractivity contribution in [1.29, 1.82) is 0 Å². The second kappa shape index (κ2) is 7.98. The van der Waals surface area contributed by atoms with E-state index in [4.69, 9.17) is 4.74 Å². The van der Waals surface area contributed by atoms with Gasteiger partial charge in [-0.25, -0.2) is 9.78 Å². The fourth-order valence-electron chi connectivity index (χ4n) is 3.32. The van der Waals surface area contributed by atoms with Gasteiger partial charge in [-0.15, -0.1) is 0 Å². The molecule has 144 valence electrons. The van der Waals surface area contributed by atoms with E-state index in [1.54, 1.807) is 41.2 Å². The predicted octanol–water partition coefficient (Wildman–Crippen LogP) is 4.12. The SMILES string of the molecule is COC(=O)c1ccccc1NC(=O)c1nccn1Cc1cccc2ccccc12. The van der Waals surface area contributed by atoms with Crippen molar-refractivity contribution in [2.75, 3.05) is 12.4 Å². The molecule has 4 rings (SSSR count). The van der Waals surface area contributed by atoms with Gasteiger partial charge < -0.3 is 14.6 Å². The van der Waals surface area contributed by atoms with Crippen molar-refractivity contribution in [1.82, 2.24) is 9.55 Å². The van der Waals surface area contributed by atoms with E-state index in [1.165, 1.54) is 7.11 Å². The predicted molar refractivity (Wildman–Crippen MR) is 111 cm³/mol. The van der Waals surface area contributed by atoms with E-state index < -0.39 is 11.9 Å². The number of nitrogens with one attached hydrogen (secondary N) is 1. The van der Waals surface area contributed by atoms with Gasteiger partial charge in [0.15, 0.2) is 5.82 Å². The number of benzene rings is 3. The maximum atomic E-state index is 12.9. The number of aromatic nitrogens is 2. The number of hydrogen-bond acceptors (Lipinski definition) is 4. The molecule has 0 aliphatic rings. The van der Waals surface area contributed by atoms with Crippen molar-refractivity contribution >= 4 is 28.3 Å². The van der Waals surface area contributed by atoms with Gasteiger partial charge in [-0.1, -0.05) is 54.6 Å². The van der Waals surface area contributed by atoms with E-state index in [2.05, 4.69) is 28.5 Å². The highest BCUT2D eigenvalue weighted by Gasteiger charge is 2.18. The molecule has 1 aromatic heterocycles. The van der Waals surface area contributed by atoms with Gasteiger partial charge in [0.05, 0.1) is 18.4 Å². The van der Waals surface area contributed by atoms with Gasteiger partial charge in [-0.05, 0) is 28.5 Å². The highest BCUT2D eigenvalue weighted by molar-refractivity contribution is 6.06. The Kier molecular flexibility index (Phi) is 5.07. The van der Waals surface area contributed by atoms with Crippen molar-refractivity contribution in [3.8, 4) is 0 Å². The first kappa shape index (κ1) is 18.4. The highest BCUT2D eigenvalue weighted by Crippen LogP contribution is 2.21. The summed E-state index contributed by atoms with van der Waals surface area (Å²) in [6.45, 7) is 0.503. The number of anilines is 1. The highest BCUT2D eigenvalue weighted by atomic mass is 16.5. The molecule has 29 heavy (non-hydrogen) atoms. The molecule has 1 heterocycles. The second-order valence-corrected chi connectivity index (χ2v) is 6.51. The van der Waals surface area contributed by atoms with E-state index in [-0.39, 0.29) is 11.4 Å². The van der Waals surface area contributed by atoms with Gasteiger partial charge in [0.25, 0.3) is 5.91 Å². The minimum Gasteiger partial charge on any atom is -0.465 e. The number of ether oxygens (including phenoxy) is 1. The number of fused-ring (bicyclic) bond motifs is 1. The summed E-state index contributed by atoms with van der Waals surface area (Å²) < 4.78 is 6.57. The standard InChI is InChI=1S/C23H19N3O3/c1-29-23(28)19-11-4-5-12-20(19)25-22(27)21-24-13-14-26(21)15-17-9-6-8-16-7-2-3-10-18(16)17/h2-14H,15H2,1H3,(H,25,27). The summed E-state index contributed by atoms with van der Waals surface area (Å²) in [5.74, 6) is -0.649. The van der Waals surface area contributed by atoms with Crippen LogP contribution in [-0.2, 0) is 11.3 Å². The summed E-state index contributed by atoms with van der Waals surface area (Å²) in [6, 6.07) is 20.9. The lowest BCUT2D eigenvalue weighted by molar-refractivity contribution is 0.0602. The van der Waals surface area contributed by atoms with Crippen LogP contribution in [0.2, 0.25) is 0 Å². The zero-order chi connectivity index (χ0) is 20.2. The van der Waals surface area contributed by atoms with Crippen LogP contribution in [0, 0.1) is 0 Å². The number of methoxy groups -OCH3 is 1. The third-order valence-corrected chi connectivity index (χ3v) is 4.72. The van der Waals surface area contributed by atoms with Crippen LogP contribution in [-0.4, -0.2) is 28.5 Å². The van der Waals surface area contributed by atoms with Crippen LogP contribution in [0.5, 0.6) is 0 Å². The number of carbonyl (C=O) groups excluding carboxylic acids is 2. The van der Waals surface area contributed by atoms with Gasteiger partial charge in [0, 0.05) is 18.9 Å². The number of esters is 1. The first-order chi connectivity index (χ1) is 14.2. The van der Waals surface area contributed by atoms with Crippen LogP contribution in [0.25, 0.3) is 10.8 Å². The van der Waals surface area contributed by atoms with Gasteiger partial charge >= 0.3 is 5.97 Å². The minimum atomic E-state index is -0.514. The largest absolute Gasteiger partial charge is 0.465 e. The summed E-state index contributed by atoms with van der Waals surface area (Å²) in [7, 11) is 1.30. The number of para-hydroxylation sites is 1. The Labute approximate surface area is 167 Å². The summed E-state index contributed by atoms with van der Waals surface area (Å²) in [4.78, 5) is 29.0. The van der Waals surface area contributed by atoms with Crippen LogP contribution < -0.4 is 5.32 Å². The first-order valence-electron chi connectivity index (χ1n) is 9.14. The molecular weight excluding hydrogens is 366 g/mol. The molecule has 0 fully saturated rings. The molecule has 0 aliphatic heterocycles. The molecule has 6 nitrogen and oxygen atoms in total. The molecule has 0 aliphatic carbocycles. The van der Waals surface area contributed by atoms with Crippen molar-refractivity contribution in [2.45, 2.75) is 6.54 Å². The lowest BCUT2D eigenvalue weighted by Crippen LogP contribution is -2.20. The zero-order valence-electron chi connectivity index (χ0n) is 15.8. The fourth-order valence-corrected chi connectivity index (χ4v) is 3.32. The number of amides is 1. The Morgan fingerprint density at radius 1 is 1.00 bits per heavy atom. The Bertz CT molecular complexity index is 1190. The average Bonchev–Trinajstić information content (AvgIpc) is 3.22. The van der Waals surface area contributed by atoms with Gasteiger partial charge in [0.2, 0.25) is 0 Å². The van der Waals surface area contributed by atoms with Gasteiger partial charge in [0.1, 0.15) is 0 Å². The van der Waals surface area contributed by atoms with Crippen LogP contribution in [0.1, 0.15) is 26.5 Å². The Morgan fingerprint density at radius 2 is 1.76 bits per heavy atom. The van der Waals surface area contributed by atoms with Gasteiger partial charge in [-0.3, -0.25) is 4.79 Å². The van der Waals surface area contributed by atoms with Crippen LogP contribution in [0.3, 0.4) is 0 Å². The molecule has 0 saturated carbocycles. The van der Waals surface area contributed by atoms with Crippen molar-refractivity contribution < 1.29 is 14.3 Å². The normalized spacial score (nSPS) is 10.7.